The van der Waals surface area contributed by atoms with Crippen molar-refractivity contribution in [3.8, 4) is 11.6 Å². The second kappa shape index (κ2) is 8.90. The van der Waals surface area contributed by atoms with E-state index >= 15 is 0 Å². The molecule has 6 nitrogen and oxygen atoms in total. The Labute approximate surface area is 163 Å². The van der Waals surface area contributed by atoms with Crippen LogP contribution in [0, 0.1) is 5.92 Å². The van der Waals surface area contributed by atoms with Crippen LogP contribution >= 0.6 is 11.8 Å². The number of nitrogens with zero attached hydrogens (tertiary/aromatic N) is 3. The molecule has 0 unspecified atom stereocenters. The van der Waals surface area contributed by atoms with Crippen LogP contribution < -0.4 is 5.32 Å². The maximum absolute atomic E-state index is 12.2. The van der Waals surface area contributed by atoms with Crippen LogP contribution in [0.5, 0.6) is 0 Å². The minimum absolute atomic E-state index is 0.00462. The zero-order valence-electron chi connectivity index (χ0n) is 15.8. The number of carbonyl (C=O) groups excluding carboxylic acids is 1. The fourth-order valence-electron chi connectivity index (χ4n) is 2.48. The number of furan rings is 1. The third-order valence-electron chi connectivity index (χ3n) is 4.36. The Balaban J connectivity index is 1.77. The summed E-state index contributed by atoms with van der Waals surface area (Å²) < 4.78 is 7.49. The van der Waals surface area contributed by atoms with Gasteiger partial charge < -0.3 is 9.73 Å². The van der Waals surface area contributed by atoms with Crippen LogP contribution in [-0.2, 0) is 11.3 Å². The lowest BCUT2D eigenvalue weighted by Gasteiger charge is -2.17. The molecule has 0 bridgehead atoms. The first-order valence-corrected chi connectivity index (χ1v) is 9.96. The van der Waals surface area contributed by atoms with Gasteiger partial charge in [-0.15, -0.1) is 10.2 Å². The average molecular weight is 385 g/mol. The first-order valence-electron chi connectivity index (χ1n) is 8.97. The molecule has 0 aliphatic rings. The van der Waals surface area contributed by atoms with Gasteiger partial charge in [0, 0.05) is 6.04 Å². The number of benzene rings is 1. The van der Waals surface area contributed by atoms with Crippen molar-refractivity contribution in [2.45, 2.75) is 38.5 Å². The predicted octanol–water partition coefficient (Wildman–Crippen LogP) is 3.84. The number of hydrogen-bond acceptors (Lipinski definition) is 5. The molecule has 1 aromatic carbocycles. The van der Waals surface area contributed by atoms with Crippen molar-refractivity contribution < 1.29 is 9.21 Å². The highest BCUT2D eigenvalue weighted by molar-refractivity contribution is 7.99. The highest BCUT2D eigenvalue weighted by atomic mass is 32.2. The van der Waals surface area contributed by atoms with Crippen LogP contribution in [-0.4, -0.2) is 32.5 Å². The van der Waals surface area contributed by atoms with E-state index < -0.39 is 0 Å². The van der Waals surface area contributed by atoms with Crippen LogP contribution in [0.4, 0.5) is 0 Å². The number of rotatable bonds is 8. The molecule has 0 radical (unpaired) electrons. The Kier molecular flexibility index (Phi) is 6.34. The molecule has 0 saturated carbocycles. The molecule has 142 valence electrons. The van der Waals surface area contributed by atoms with Crippen molar-refractivity contribution in [3.05, 3.63) is 54.3 Å². The smallest absolute Gasteiger partial charge is 0.230 e. The summed E-state index contributed by atoms with van der Waals surface area (Å²) in [6, 6.07) is 13.9. The fourth-order valence-corrected chi connectivity index (χ4v) is 3.23. The molecular weight excluding hydrogens is 360 g/mol. The van der Waals surface area contributed by atoms with Crippen molar-refractivity contribution in [1.82, 2.24) is 20.1 Å². The lowest BCUT2D eigenvalue weighted by molar-refractivity contribution is -0.119. The molecule has 0 fully saturated rings. The molecule has 0 aliphatic heterocycles. The Morgan fingerprint density at radius 1 is 1.15 bits per heavy atom. The maximum atomic E-state index is 12.2. The van der Waals surface area contributed by atoms with E-state index in [1.165, 1.54) is 11.8 Å². The fraction of sp³-hybridized carbons (Fsp3) is 0.350. The third kappa shape index (κ3) is 5.01. The molecule has 0 spiro atoms. The summed E-state index contributed by atoms with van der Waals surface area (Å²) in [7, 11) is 0. The topological polar surface area (TPSA) is 73.0 Å². The second-order valence-electron chi connectivity index (χ2n) is 6.74. The van der Waals surface area contributed by atoms with Gasteiger partial charge in [-0.3, -0.25) is 9.36 Å². The van der Waals surface area contributed by atoms with Gasteiger partial charge in [-0.25, -0.2) is 0 Å². The Morgan fingerprint density at radius 2 is 1.93 bits per heavy atom. The van der Waals surface area contributed by atoms with E-state index in [0.29, 0.717) is 35.0 Å². The number of carbonyl (C=O) groups is 1. The summed E-state index contributed by atoms with van der Waals surface area (Å²) in [6.07, 6.45) is 1.62. The molecule has 27 heavy (non-hydrogen) atoms. The highest BCUT2D eigenvalue weighted by Gasteiger charge is 2.18. The molecule has 1 amide bonds. The van der Waals surface area contributed by atoms with Crippen molar-refractivity contribution in [1.29, 1.82) is 0 Å². The summed E-state index contributed by atoms with van der Waals surface area (Å²) in [6.45, 7) is 6.80. The molecule has 2 aromatic heterocycles. The normalized spacial score (nSPS) is 12.3. The van der Waals surface area contributed by atoms with Gasteiger partial charge in [0.05, 0.1) is 18.6 Å². The quantitative estimate of drug-likeness (QED) is 0.598. The van der Waals surface area contributed by atoms with Crippen LogP contribution in [0.1, 0.15) is 26.3 Å². The summed E-state index contributed by atoms with van der Waals surface area (Å²) in [5, 5.41) is 12.3. The van der Waals surface area contributed by atoms with Crippen molar-refractivity contribution in [3.63, 3.8) is 0 Å². The zero-order valence-corrected chi connectivity index (χ0v) is 16.6. The minimum Gasteiger partial charge on any atom is -0.461 e. The largest absolute Gasteiger partial charge is 0.461 e. The van der Waals surface area contributed by atoms with E-state index in [-0.39, 0.29) is 11.9 Å². The van der Waals surface area contributed by atoms with Gasteiger partial charge in [0.15, 0.2) is 10.9 Å². The van der Waals surface area contributed by atoms with Crippen LogP contribution in [0.15, 0.2) is 58.3 Å². The van der Waals surface area contributed by atoms with Crippen LogP contribution in [0.3, 0.4) is 0 Å². The Bertz CT molecular complexity index is 860. The van der Waals surface area contributed by atoms with Gasteiger partial charge in [0.2, 0.25) is 11.7 Å². The molecule has 1 N–H and O–H groups in total. The Morgan fingerprint density at radius 3 is 2.59 bits per heavy atom. The molecule has 7 heteroatoms. The van der Waals surface area contributed by atoms with Gasteiger partial charge in [-0.05, 0) is 30.5 Å². The Hall–Kier alpha value is -2.54. The molecule has 1 atom stereocenters. The number of aromatic nitrogens is 3. The standard InChI is InChI=1S/C20H24N4O2S/c1-14(2)15(3)21-18(25)13-27-20-23-22-19(17-10-7-11-26-17)24(20)12-16-8-5-4-6-9-16/h4-11,14-15H,12-13H2,1-3H3,(H,21,25)/t15-/m0/s1. The summed E-state index contributed by atoms with van der Waals surface area (Å²) in [4.78, 5) is 12.2. The van der Waals surface area contributed by atoms with Crippen LogP contribution in [0.25, 0.3) is 11.6 Å². The lowest BCUT2D eigenvalue weighted by atomic mass is 10.1. The first kappa shape index (κ1) is 19.2. The molecule has 3 aromatic rings. The van der Waals surface area contributed by atoms with E-state index in [1.54, 1.807) is 6.26 Å². The van der Waals surface area contributed by atoms with E-state index in [4.69, 9.17) is 4.42 Å². The molecule has 0 saturated heterocycles. The lowest BCUT2D eigenvalue weighted by Crippen LogP contribution is -2.37. The SMILES string of the molecule is CC(C)[C@H](C)NC(=O)CSc1nnc(-c2ccco2)n1Cc1ccccc1. The number of amides is 1. The van der Waals surface area contributed by atoms with E-state index in [0.717, 1.165) is 5.56 Å². The van der Waals surface area contributed by atoms with Crippen LogP contribution in [0.2, 0.25) is 0 Å². The highest BCUT2D eigenvalue weighted by Crippen LogP contribution is 2.25. The average Bonchev–Trinajstić information content (AvgIpc) is 3.30. The van der Waals surface area contributed by atoms with Gasteiger partial charge in [-0.2, -0.15) is 0 Å². The summed E-state index contributed by atoms with van der Waals surface area (Å²) in [5.74, 6) is 1.99. The van der Waals surface area contributed by atoms with E-state index in [2.05, 4.69) is 41.5 Å². The molecule has 2 heterocycles. The van der Waals surface area contributed by atoms with Gasteiger partial charge >= 0.3 is 0 Å². The predicted molar refractivity (Wildman–Crippen MR) is 106 cm³/mol. The molecular formula is C20H24N4O2S. The van der Waals surface area contributed by atoms with E-state index in [1.807, 2.05) is 41.8 Å². The van der Waals surface area contributed by atoms with Crippen molar-refractivity contribution in [2.75, 3.05) is 5.75 Å². The van der Waals surface area contributed by atoms with Crippen molar-refractivity contribution in [2.24, 2.45) is 5.92 Å². The number of thioether (sulfide) groups is 1. The first-order chi connectivity index (χ1) is 13.0. The summed E-state index contributed by atoms with van der Waals surface area (Å²) >= 11 is 1.38. The summed E-state index contributed by atoms with van der Waals surface area (Å²) in [5.41, 5.74) is 1.13. The van der Waals surface area contributed by atoms with Gasteiger partial charge in [-0.1, -0.05) is 55.9 Å². The van der Waals surface area contributed by atoms with Gasteiger partial charge in [0.25, 0.3) is 0 Å². The third-order valence-corrected chi connectivity index (χ3v) is 5.33. The second-order valence-corrected chi connectivity index (χ2v) is 7.69. The van der Waals surface area contributed by atoms with E-state index in [9.17, 15) is 4.79 Å². The minimum atomic E-state index is -0.00462. The maximum Gasteiger partial charge on any atom is 0.230 e. The number of nitrogens with one attached hydrogen (secondary N) is 1. The van der Waals surface area contributed by atoms with Crippen molar-refractivity contribution >= 4 is 17.7 Å². The number of hydrogen-bond donors (Lipinski definition) is 1. The molecule has 0 aliphatic carbocycles. The monoisotopic (exact) mass is 384 g/mol. The molecule has 3 rings (SSSR count). The zero-order chi connectivity index (χ0) is 19.2. The van der Waals surface area contributed by atoms with Gasteiger partial charge in [0.1, 0.15) is 0 Å².